The molecule has 1 aromatic heterocycles. The highest BCUT2D eigenvalue weighted by molar-refractivity contribution is 6.46. The maximum Gasteiger partial charge on any atom is 0.295 e. The lowest BCUT2D eigenvalue weighted by atomic mass is 9.95. The first-order valence-corrected chi connectivity index (χ1v) is 13.3. The van der Waals surface area contributed by atoms with Gasteiger partial charge in [0, 0.05) is 29.2 Å². The Morgan fingerprint density at radius 3 is 2.32 bits per heavy atom. The molecule has 1 unspecified atom stereocenters. The number of benzene rings is 3. The number of carbonyl (C=O) groups excluding carboxylic acids is 2. The van der Waals surface area contributed by atoms with Crippen LogP contribution in [-0.4, -0.2) is 61.2 Å². The number of Topliss-reactive ketones (excluding diaryl/α,β-unsaturated/α-hetero) is 1. The number of aromatic amines is 1. The van der Waals surface area contributed by atoms with Gasteiger partial charge in [-0.1, -0.05) is 12.1 Å². The number of hydrogen-bond donors (Lipinski definition) is 2. The van der Waals surface area contributed by atoms with Crippen LogP contribution in [-0.2, 0) is 16.0 Å². The number of nitrogens with one attached hydrogen (secondary N) is 1. The molecule has 1 atom stereocenters. The third kappa shape index (κ3) is 5.18. The number of amides is 1. The highest BCUT2D eigenvalue weighted by Gasteiger charge is 2.46. The molecule has 212 valence electrons. The van der Waals surface area contributed by atoms with Gasteiger partial charge in [0.25, 0.3) is 11.7 Å². The van der Waals surface area contributed by atoms with Crippen molar-refractivity contribution < 1.29 is 33.6 Å². The average molecular weight is 557 g/mol. The van der Waals surface area contributed by atoms with Gasteiger partial charge in [-0.25, -0.2) is 0 Å². The molecule has 5 rings (SSSR count). The molecule has 4 aromatic rings. The zero-order valence-corrected chi connectivity index (χ0v) is 23.4. The van der Waals surface area contributed by atoms with Gasteiger partial charge < -0.3 is 33.9 Å². The van der Waals surface area contributed by atoms with Crippen molar-refractivity contribution in [3.05, 3.63) is 89.1 Å². The highest BCUT2D eigenvalue weighted by atomic mass is 16.5. The molecule has 0 aliphatic carbocycles. The van der Waals surface area contributed by atoms with Gasteiger partial charge in [0.2, 0.25) is 0 Å². The fourth-order valence-electron chi connectivity index (χ4n) is 5.24. The van der Waals surface area contributed by atoms with E-state index < -0.39 is 17.7 Å². The number of nitrogens with zero attached hydrogens (tertiary/aromatic N) is 1. The number of carbonyl (C=O) groups is 2. The molecular weight excluding hydrogens is 524 g/mol. The Bertz CT molecular complexity index is 1620. The summed E-state index contributed by atoms with van der Waals surface area (Å²) in [6.07, 6.45) is 2.38. The van der Waals surface area contributed by atoms with Gasteiger partial charge in [-0.3, -0.25) is 9.59 Å². The molecule has 2 N–H and O–H groups in total. The Balaban J connectivity index is 1.56. The Hall–Kier alpha value is -4.92. The molecule has 0 spiro atoms. The lowest BCUT2D eigenvalue weighted by Gasteiger charge is -2.25. The van der Waals surface area contributed by atoms with Gasteiger partial charge >= 0.3 is 0 Å². The summed E-state index contributed by atoms with van der Waals surface area (Å²) in [5.41, 5.74) is 2.94. The summed E-state index contributed by atoms with van der Waals surface area (Å²) in [7, 11) is 4.61. The third-order valence-corrected chi connectivity index (χ3v) is 7.30. The summed E-state index contributed by atoms with van der Waals surface area (Å²) in [6, 6.07) is 17.0. The zero-order chi connectivity index (χ0) is 29.1. The first-order valence-electron chi connectivity index (χ1n) is 13.3. The third-order valence-electron chi connectivity index (χ3n) is 7.30. The second-order valence-electron chi connectivity index (χ2n) is 9.54. The molecule has 3 aromatic carbocycles. The van der Waals surface area contributed by atoms with E-state index in [9.17, 15) is 14.7 Å². The Kier molecular flexibility index (Phi) is 7.87. The smallest absolute Gasteiger partial charge is 0.295 e. The van der Waals surface area contributed by atoms with Gasteiger partial charge in [-0.2, -0.15) is 0 Å². The molecule has 1 fully saturated rings. The van der Waals surface area contributed by atoms with E-state index in [1.54, 1.807) is 37.4 Å². The van der Waals surface area contributed by atoms with E-state index in [-0.39, 0.29) is 17.9 Å². The van der Waals surface area contributed by atoms with E-state index in [2.05, 4.69) is 4.98 Å². The average Bonchev–Trinajstić information content (AvgIpc) is 3.52. The summed E-state index contributed by atoms with van der Waals surface area (Å²) in [5, 5.41) is 12.4. The van der Waals surface area contributed by atoms with Gasteiger partial charge in [-0.15, -0.1) is 0 Å². The number of ketones is 1. The van der Waals surface area contributed by atoms with Crippen LogP contribution in [0.5, 0.6) is 23.0 Å². The normalized spacial score (nSPS) is 16.3. The number of aliphatic hydroxyl groups is 1. The molecule has 2 heterocycles. The number of likely N-dealkylation sites (tertiary alicyclic amines) is 1. The van der Waals surface area contributed by atoms with Crippen LogP contribution in [0.3, 0.4) is 0 Å². The summed E-state index contributed by atoms with van der Waals surface area (Å²) < 4.78 is 21.7. The fraction of sp³-hybridized carbons (Fsp3) is 0.250. The maximum atomic E-state index is 13.5. The number of rotatable bonds is 10. The second-order valence-corrected chi connectivity index (χ2v) is 9.54. The Morgan fingerprint density at radius 1 is 0.902 bits per heavy atom. The summed E-state index contributed by atoms with van der Waals surface area (Å²) in [6.45, 7) is 2.65. The van der Waals surface area contributed by atoms with Crippen LogP contribution in [0.15, 0.2) is 72.4 Å². The van der Waals surface area contributed by atoms with Crippen molar-refractivity contribution in [1.82, 2.24) is 9.88 Å². The van der Waals surface area contributed by atoms with Crippen molar-refractivity contribution in [3.63, 3.8) is 0 Å². The minimum absolute atomic E-state index is 0.00646. The quantitative estimate of drug-likeness (QED) is 0.156. The number of H-pyrrole nitrogens is 1. The molecule has 41 heavy (non-hydrogen) atoms. The van der Waals surface area contributed by atoms with Gasteiger partial charge in [0.05, 0.1) is 39.6 Å². The first kappa shape index (κ1) is 27.6. The molecule has 1 aliphatic rings. The summed E-state index contributed by atoms with van der Waals surface area (Å²) in [5.74, 6) is 0.535. The summed E-state index contributed by atoms with van der Waals surface area (Å²) >= 11 is 0. The molecule has 0 bridgehead atoms. The van der Waals surface area contributed by atoms with Gasteiger partial charge in [0.15, 0.2) is 11.5 Å². The number of ether oxygens (including phenoxy) is 4. The molecule has 9 heteroatoms. The SMILES string of the molecule is CCOc1ccc(C2/C(=C(/O)c3ccc(OC)c(OC)c3)C(=O)C(=O)N2CCc2c[nH]c3ccc(OC)cc23)cc1. The van der Waals surface area contributed by atoms with E-state index >= 15 is 0 Å². The summed E-state index contributed by atoms with van der Waals surface area (Å²) in [4.78, 5) is 31.8. The lowest BCUT2D eigenvalue weighted by molar-refractivity contribution is -0.139. The van der Waals surface area contributed by atoms with E-state index in [0.29, 0.717) is 41.4 Å². The fourth-order valence-corrected chi connectivity index (χ4v) is 5.24. The van der Waals surface area contributed by atoms with Crippen molar-refractivity contribution in [1.29, 1.82) is 0 Å². The Labute approximate surface area is 237 Å². The molecule has 9 nitrogen and oxygen atoms in total. The van der Waals surface area contributed by atoms with Crippen LogP contribution in [0.2, 0.25) is 0 Å². The van der Waals surface area contributed by atoms with E-state index in [1.165, 1.54) is 19.1 Å². The topological polar surface area (TPSA) is 110 Å². The van der Waals surface area contributed by atoms with Crippen molar-refractivity contribution in [3.8, 4) is 23.0 Å². The minimum atomic E-state index is -0.807. The molecule has 1 amide bonds. The Morgan fingerprint density at radius 2 is 1.63 bits per heavy atom. The predicted molar refractivity (Wildman–Crippen MR) is 155 cm³/mol. The molecule has 1 aliphatic heterocycles. The van der Waals surface area contributed by atoms with E-state index in [4.69, 9.17) is 18.9 Å². The van der Waals surface area contributed by atoms with Crippen LogP contribution in [0.25, 0.3) is 16.7 Å². The van der Waals surface area contributed by atoms with Gasteiger partial charge in [-0.05, 0) is 73.0 Å². The zero-order valence-electron chi connectivity index (χ0n) is 23.4. The number of fused-ring (bicyclic) bond motifs is 1. The number of aromatic nitrogens is 1. The maximum absolute atomic E-state index is 13.5. The molecule has 0 saturated carbocycles. The molecule has 0 radical (unpaired) electrons. The van der Waals surface area contributed by atoms with Crippen molar-refractivity contribution in [2.24, 2.45) is 0 Å². The van der Waals surface area contributed by atoms with Crippen LogP contribution >= 0.6 is 0 Å². The van der Waals surface area contributed by atoms with E-state index in [1.807, 2.05) is 43.5 Å². The second kappa shape index (κ2) is 11.7. The van der Waals surface area contributed by atoms with Crippen LogP contribution in [0.1, 0.15) is 29.7 Å². The molecular formula is C32H32N2O7. The highest BCUT2D eigenvalue weighted by Crippen LogP contribution is 2.41. The monoisotopic (exact) mass is 556 g/mol. The standard InChI is InChI=1S/C32H32N2O7/c1-5-41-22-9-6-19(7-10-22)29-28(30(35)20-8-13-26(39-3)27(16-20)40-4)31(36)32(37)34(29)15-14-21-18-33-25-12-11-23(38-2)17-24(21)25/h6-13,16-18,29,33,35H,5,14-15H2,1-4H3/b30-28-. The van der Waals surface area contributed by atoms with Crippen molar-refractivity contribution >= 4 is 28.4 Å². The van der Waals surface area contributed by atoms with Crippen molar-refractivity contribution in [2.75, 3.05) is 34.5 Å². The number of hydrogen-bond acceptors (Lipinski definition) is 7. The van der Waals surface area contributed by atoms with Crippen molar-refractivity contribution in [2.45, 2.75) is 19.4 Å². The van der Waals surface area contributed by atoms with Crippen LogP contribution < -0.4 is 18.9 Å². The van der Waals surface area contributed by atoms with Crippen LogP contribution in [0.4, 0.5) is 0 Å². The largest absolute Gasteiger partial charge is 0.507 e. The number of methoxy groups -OCH3 is 3. The first-order chi connectivity index (χ1) is 19.9. The van der Waals surface area contributed by atoms with Gasteiger partial charge in [0.1, 0.15) is 17.3 Å². The predicted octanol–water partition coefficient (Wildman–Crippen LogP) is 5.26. The van der Waals surface area contributed by atoms with E-state index in [0.717, 1.165) is 22.2 Å². The minimum Gasteiger partial charge on any atom is -0.507 e. The number of aliphatic hydroxyl groups excluding tert-OH is 1. The van der Waals surface area contributed by atoms with Crippen LogP contribution in [0, 0.1) is 0 Å². The lowest BCUT2D eigenvalue weighted by Crippen LogP contribution is -2.31. The molecule has 1 saturated heterocycles.